The fourth-order valence-corrected chi connectivity index (χ4v) is 4.60. The van der Waals surface area contributed by atoms with Crippen LogP contribution in [0.2, 0.25) is 0 Å². The highest BCUT2D eigenvalue weighted by molar-refractivity contribution is 7.17. The van der Waals surface area contributed by atoms with E-state index in [0.717, 1.165) is 12.0 Å². The highest BCUT2D eigenvalue weighted by Gasteiger charge is 2.38. The maximum absolute atomic E-state index is 12.5. The van der Waals surface area contributed by atoms with E-state index in [0.29, 0.717) is 13.0 Å². The number of aliphatic hydroxyl groups excluding tert-OH is 1. The first-order valence-corrected chi connectivity index (χ1v) is 10.4. The molecule has 1 aliphatic heterocycles. The topological polar surface area (TPSA) is 67.8 Å². The third kappa shape index (κ3) is 4.39. The monoisotopic (exact) mass is 399 g/mol. The Morgan fingerprint density at radius 2 is 2.25 bits per heavy atom. The normalized spacial score (nSPS) is 21.6. The maximum atomic E-state index is 12.5. The van der Waals surface area contributed by atoms with Crippen molar-refractivity contribution in [2.45, 2.75) is 32.0 Å². The van der Waals surface area contributed by atoms with Gasteiger partial charge in [-0.3, -0.25) is 4.79 Å². The highest BCUT2D eigenvalue weighted by Crippen LogP contribution is 2.43. The van der Waals surface area contributed by atoms with Gasteiger partial charge in [-0.25, -0.2) is 0 Å². The molecule has 0 saturated carbocycles. The van der Waals surface area contributed by atoms with Gasteiger partial charge in [-0.05, 0) is 48.2 Å². The van der Waals surface area contributed by atoms with E-state index in [1.807, 2.05) is 25.1 Å². The number of hydrogen-bond acceptors (Lipinski definition) is 5. The van der Waals surface area contributed by atoms with E-state index in [2.05, 4.69) is 28.8 Å². The zero-order valence-electron chi connectivity index (χ0n) is 15.9. The van der Waals surface area contributed by atoms with Crippen LogP contribution in [-0.2, 0) is 14.3 Å². The van der Waals surface area contributed by atoms with Crippen LogP contribution in [0.25, 0.3) is 10.1 Å². The summed E-state index contributed by atoms with van der Waals surface area (Å²) in [5, 5.41) is 15.3. The molecular weight excluding hydrogens is 374 g/mol. The second-order valence-corrected chi connectivity index (χ2v) is 7.51. The lowest BCUT2D eigenvalue weighted by Gasteiger charge is -2.36. The quantitative estimate of drug-likeness (QED) is 0.668. The van der Waals surface area contributed by atoms with Gasteiger partial charge in [0.15, 0.2) is 5.76 Å². The molecule has 0 saturated heterocycles. The van der Waals surface area contributed by atoms with E-state index >= 15 is 0 Å². The first-order valence-electron chi connectivity index (χ1n) is 9.48. The summed E-state index contributed by atoms with van der Waals surface area (Å²) >= 11 is 1.68. The molecule has 1 aromatic heterocycles. The van der Waals surface area contributed by atoms with E-state index < -0.39 is 6.29 Å². The first-order chi connectivity index (χ1) is 13.7. The van der Waals surface area contributed by atoms with Gasteiger partial charge >= 0.3 is 0 Å². The average molecular weight is 400 g/mol. The SMILES string of the molecule is C#CCNC(=O)C1=C[C@@H](c2csc3ccccc23)[C@@H](CCCO)[C@@H](OCC)O1. The van der Waals surface area contributed by atoms with Crippen LogP contribution in [0.3, 0.4) is 0 Å². The zero-order valence-corrected chi connectivity index (χ0v) is 16.7. The van der Waals surface area contributed by atoms with Crippen molar-refractivity contribution in [1.29, 1.82) is 0 Å². The molecule has 148 valence electrons. The Balaban J connectivity index is 2.03. The number of amides is 1. The molecule has 1 amide bonds. The van der Waals surface area contributed by atoms with Gasteiger partial charge < -0.3 is 19.9 Å². The molecule has 6 heteroatoms. The second-order valence-electron chi connectivity index (χ2n) is 6.60. The van der Waals surface area contributed by atoms with Crippen LogP contribution in [0, 0.1) is 18.3 Å². The molecule has 5 nitrogen and oxygen atoms in total. The summed E-state index contributed by atoms with van der Waals surface area (Å²) in [6, 6.07) is 8.23. The molecular formula is C22H25NO4S. The number of fused-ring (bicyclic) bond motifs is 1. The minimum atomic E-state index is -0.559. The van der Waals surface area contributed by atoms with Gasteiger partial charge in [-0.1, -0.05) is 24.1 Å². The minimum absolute atomic E-state index is 0.00529. The number of ether oxygens (including phenoxy) is 2. The Hall–Kier alpha value is -2.33. The Kier molecular flexibility index (Phi) is 7.10. The predicted octanol–water partition coefficient (Wildman–Crippen LogP) is 3.40. The molecule has 0 bridgehead atoms. The van der Waals surface area contributed by atoms with Gasteiger partial charge in [0.1, 0.15) is 0 Å². The van der Waals surface area contributed by atoms with Crippen molar-refractivity contribution in [3.8, 4) is 12.3 Å². The lowest BCUT2D eigenvalue weighted by atomic mass is 9.80. The predicted molar refractivity (Wildman–Crippen MR) is 111 cm³/mol. The fourth-order valence-electron chi connectivity index (χ4n) is 3.60. The van der Waals surface area contributed by atoms with E-state index in [9.17, 15) is 9.90 Å². The summed E-state index contributed by atoms with van der Waals surface area (Å²) in [7, 11) is 0. The molecule has 28 heavy (non-hydrogen) atoms. The van der Waals surface area contributed by atoms with E-state index in [1.165, 1.54) is 10.1 Å². The summed E-state index contributed by atoms with van der Waals surface area (Å²) in [5.41, 5.74) is 1.15. The Labute approximate surface area is 169 Å². The first kappa shape index (κ1) is 20.4. The third-order valence-electron chi connectivity index (χ3n) is 4.86. The summed E-state index contributed by atoms with van der Waals surface area (Å²) < 4.78 is 13.0. The molecule has 3 atom stereocenters. The second kappa shape index (κ2) is 9.74. The summed E-state index contributed by atoms with van der Waals surface area (Å²) in [6.07, 6.45) is 7.94. The number of rotatable bonds is 8. The van der Waals surface area contributed by atoms with Gasteiger partial charge in [0, 0.05) is 29.7 Å². The standard InChI is InChI=1S/C22H25NO4S/c1-3-11-23-21(25)19-13-17(16(9-7-12-24)22(27-19)26-4-2)18-14-28-20-10-6-5-8-15(18)20/h1,5-6,8,10,13-14,16-17,22,24H,4,7,9,11-12H2,2H3,(H,23,25)/t16-,17-,22+/m1/s1. The number of carbonyl (C=O) groups is 1. The number of thiophene rings is 1. The molecule has 0 spiro atoms. The number of allylic oxidation sites excluding steroid dienone is 1. The van der Waals surface area contributed by atoms with E-state index in [4.69, 9.17) is 15.9 Å². The van der Waals surface area contributed by atoms with Crippen LogP contribution in [0.15, 0.2) is 41.5 Å². The van der Waals surface area contributed by atoms with Gasteiger partial charge in [0.25, 0.3) is 5.91 Å². The molecule has 0 aliphatic carbocycles. The van der Waals surface area contributed by atoms with Crippen LogP contribution in [0.1, 0.15) is 31.2 Å². The van der Waals surface area contributed by atoms with Gasteiger partial charge in [-0.2, -0.15) is 0 Å². The van der Waals surface area contributed by atoms with Crippen LogP contribution in [-0.4, -0.2) is 37.1 Å². The highest BCUT2D eigenvalue weighted by atomic mass is 32.1. The smallest absolute Gasteiger partial charge is 0.286 e. The molecule has 2 aromatic rings. The Bertz CT molecular complexity index is 882. The van der Waals surface area contributed by atoms with Crippen molar-refractivity contribution < 1.29 is 19.4 Å². The molecule has 0 radical (unpaired) electrons. The third-order valence-corrected chi connectivity index (χ3v) is 5.84. The van der Waals surface area contributed by atoms with Crippen molar-refractivity contribution >= 4 is 27.3 Å². The van der Waals surface area contributed by atoms with Crippen LogP contribution >= 0.6 is 11.3 Å². The molecule has 3 rings (SSSR count). The number of nitrogens with one attached hydrogen (secondary N) is 1. The summed E-state index contributed by atoms with van der Waals surface area (Å²) in [5.74, 6) is 2.23. The lowest BCUT2D eigenvalue weighted by Crippen LogP contribution is -2.39. The molecule has 2 heterocycles. The largest absolute Gasteiger partial charge is 0.459 e. The fraction of sp³-hybridized carbons (Fsp3) is 0.409. The summed E-state index contributed by atoms with van der Waals surface area (Å²) in [6.45, 7) is 2.61. The zero-order chi connectivity index (χ0) is 19.9. The number of aliphatic hydroxyl groups is 1. The van der Waals surface area contributed by atoms with Gasteiger partial charge in [0.2, 0.25) is 6.29 Å². The van der Waals surface area contributed by atoms with E-state index in [-0.39, 0.29) is 36.7 Å². The molecule has 1 aliphatic rings. The summed E-state index contributed by atoms with van der Waals surface area (Å²) in [4.78, 5) is 12.5. The maximum Gasteiger partial charge on any atom is 0.286 e. The van der Waals surface area contributed by atoms with Crippen LogP contribution in [0.4, 0.5) is 0 Å². The van der Waals surface area contributed by atoms with Crippen LogP contribution < -0.4 is 5.32 Å². The molecule has 2 N–H and O–H groups in total. The lowest BCUT2D eigenvalue weighted by molar-refractivity contribution is -0.166. The van der Waals surface area contributed by atoms with E-state index in [1.54, 1.807) is 11.3 Å². The van der Waals surface area contributed by atoms with Crippen molar-refractivity contribution in [3.63, 3.8) is 0 Å². The molecule has 1 aromatic carbocycles. The minimum Gasteiger partial charge on any atom is -0.459 e. The van der Waals surface area contributed by atoms with Crippen molar-refractivity contribution in [3.05, 3.63) is 47.0 Å². The van der Waals surface area contributed by atoms with Gasteiger partial charge in [0.05, 0.1) is 6.54 Å². The average Bonchev–Trinajstić information content (AvgIpc) is 3.14. The van der Waals surface area contributed by atoms with Gasteiger partial charge in [-0.15, -0.1) is 17.8 Å². The van der Waals surface area contributed by atoms with Crippen molar-refractivity contribution in [2.75, 3.05) is 19.8 Å². The Morgan fingerprint density at radius 1 is 1.43 bits per heavy atom. The molecule has 0 fully saturated rings. The number of benzene rings is 1. The van der Waals surface area contributed by atoms with Crippen LogP contribution in [0.5, 0.6) is 0 Å². The molecule has 0 unspecified atom stereocenters. The number of hydrogen-bond donors (Lipinski definition) is 2. The van der Waals surface area contributed by atoms with Crippen molar-refractivity contribution in [2.24, 2.45) is 5.92 Å². The number of carbonyl (C=O) groups excluding carboxylic acids is 1. The number of terminal acetylenes is 1. The van der Waals surface area contributed by atoms with Crippen molar-refractivity contribution in [1.82, 2.24) is 5.32 Å². The Morgan fingerprint density at radius 3 is 3.00 bits per heavy atom.